The molecule has 0 aliphatic rings. The standard InChI is InChI=1S/C46H54N4O10S2/c1-46(2,43(55)56)39(26-14-16-28-48-45(58)60-31-33-19-7-4-8-20-33)50-42(54)36-23-10-12-25-38(36)62-61-37-24-11-9-22-35(37)41(53)49-34(29-40(51)52)21-13-15-27-47-44(57)59-30-32-17-5-3-6-18-32/h3-12,17-20,22-25,34,39H,13-16,21,26-31H2,1-2H3,(H,47,57)(H,48,58)(H,49,53)(H,50,54)(H,51,52)(H,55,56)/p-2/t34-,39-/m0/s1. The Balaban J connectivity index is 1.29. The monoisotopic (exact) mass is 884 g/mol. The first-order chi connectivity index (χ1) is 29.8. The molecule has 62 heavy (non-hydrogen) atoms. The van der Waals surface area contributed by atoms with Gasteiger partial charge >= 0.3 is 12.2 Å². The molecule has 0 aliphatic carbocycles. The number of nitrogens with one attached hydrogen (secondary N) is 4. The number of unbranched alkanes of at least 4 members (excludes halogenated alkanes) is 2. The van der Waals surface area contributed by atoms with Gasteiger partial charge in [0.15, 0.2) is 0 Å². The summed E-state index contributed by atoms with van der Waals surface area (Å²) < 4.78 is 10.4. The zero-order valence-corrected chi connectivity index (χ0v) is 36.4. The highest BCUT2D eigenvalue weighted by atomic mass is 33.1. The lowest BCUT2D eigenvalue weighted by atomic mass is 9.81. The van der Waals surface area contributed by atoms with Gasteiger partial charge in [-0.05, 0) is 73.9 Å². The minimum Gasteiger partial charge on any atom is -0.550 e. The van der Waals surface area contributed by atoms with Gasteiger partial charge in [0.2, 0.25) is 0 Å². The van der Waals surface area contributed by atoms with Crippen molar-refractivity contribution >= 4 is 57.5 Å². The Bertz CT molecular complexity index is 2090. The molecule has 4 rings (SSSR count). The molecule has 4 aromatic rings. The smallest absolute Gasteiger partial charge is 0.407 e. The van der Waals surface area contributed by atoms with Gasteiger partial charge in [0.25, 0.3) is 11.8 Å². The number of aliphatic carboxylic acids is 2. The van der Waals surface area contributed by atoms with Crippen molar-refractivity contribution in [3.8, 4) is 0 Å². The SMILES string of the molecule is CC(C)(C(=O)[O-])[C@H](CCCCNC(=O)OCc1ccccc1)NC(=O)c1ccccc1SSc1ccccc1C(=O)N[C@@H](CCCCNC(=O)OCc1ccccc1)CC(=O)[O-]. The number of ether oxygens (including phenoxy) is 2. The van der Waals surface area contributed by atoms with Crippen molar-refractivity contribution < 1.29 is 48.5 Å². The summed E-state index contributed by atoms with van der Waals surface area (Å²) in [7, 11) is 2.46. The summed E-state index contributed by atoms with van der Waals surface area (Å²) in [4.78, 5) is 76.5. The third-order valence-corrected chi connectivity index (χ3v) is 12.3. The van der Waals surface area contributed by atoms with Crippen LogP contribution in [0.3, 0.4) is 0 Å². The van der Waals surface area contributed by atoms with E-state index in [-0.39, 0.29) is 13.2 Å². The molecule has 2 atom stereocenters. The van der Waals surface area contributed by atoms with E-state index in [1.165, 1.54) is 35.4 Å². The Labute approximate surface area is 369 Å². The van der Waals surface area contributed by atoms with Gasteiger partial charge in [0.05, 0.1) is 11.1 Å². The first kappa shape index (κ1) is 48.7. The Morgan fingerprint density at radius 3 is 1.48 bits per heavy atom. The summed E-state index contributed by atoms with van der Waals surface area (Å²) in [5, 5.41) is 34.9. The molecule has 0 aromatic heterocycles. The van der Waals surface area contributed by atoms with Crippen molar-refractivity contribution in [1.29, 1.82) is 0 Å². The van der Waals surface area contributed by atoms with Crippen LogP contribution >= 0.6 is 21.6 Å². The number of carbonyl (C=O) groups excluding carboxylic acids is 6. The molecule has 0 fully saturated rings. The molecule has 0 unspecified atom stereocenters. The molecule has 4 aromatic carbocycles. The van der Waals surface area contributed by atoms with Crippen LogP contribution in [0.1, 0.15) is 90.6 Å². The van der Waals surface area contributed by atoms with Crippen LogP contribution in [0.15, 0.2) is 119 Å². The Kier molecular flexibility index (Phi) is 20.2. The number of rotatable bonds is 25. The summed E-state index contributed by atoms with van der Waals surface area (Å²) in [6.07, 6.45) is 1.10. The van der Waals surface area contributed by atoms with Crippen molar-refractivity contribution in [3.05, 3.63) is 131 Å². The molecular formula is C46H52N4O10S2-2. The average Bonchev–Trinajstić information content (AvgIpc) is 3.26. The second-order valence-corrected chi connectivity index (χ2v) is 17.1. The topological polar surface area (TPSA) is 215 Å². The van der Waals surface area contributed by atoms with Crippen LogP contribution in [-0.4, -0.2) is 61.1 Å². The molecule has 16 heteroatoms. The van der Waals surface area contributed by atoms with E-state index in [0.29, 0.717) is 72.5 Å². The van der Waals surface area contributed by atoms with E-state index in [2.05, 4.69) is 21.3 Å². The van der Waals surface area contributed by atoms with Crippen LogP contribution in [0.5, 0.6) is 0 Å². The minimum atomic E-state index is -1.43. The lowest BCUT2D eigenvalue weighted by Crippen LogP contribution is -2.53. The van der Waals surface area contributed by atoms with Crippen LogP contribution in [0.2, 0.25) is 0 Å². The first-order valence-corrected chi connectivity index (χ1v) is 22.4. The maximum atomic E-state index is 13.8. The van der Waals surface area contributed by atoms with E-state index in [1.54, 1.807) is 48.5 Å². The highest BCUT2D eigenvalue weighted by molar-refractivity contribution is 8.76. The van der Waals surface area contributed by atoms with E-state index in [1.807, 2.05) is 60.7 Å². The average molecular weight is 885 g/mol. The van der Waals surface area contributed by atoms with Crippen molar-refractivity contribution in [2.75, 3.05) is 13.1 Å². The number of alkyl carbamates (subject to hydrolysis) is 2. The van der Waals surface area contributed by atoms with E-state index >= 15 is 0 Å². The number of hydrogen-bond acceptors (Lipinski definition) is 12. The Hall–Kier alpha value is -6.00. The fourth-order valence-corrected chi connectivity index (χ4v) is 8.50. The predicted molar refractivity (Wildman–Crippen MR) is 232 cm³/mol. The zero-order chi connectivity index (χ0) is 44.7. The van der Waals surface area contributed by atoms with Crippen molar-refractivity contribution in [1.82, 2.24) is 21.3 Å². The number of amides is 4. The van der Waals surface area contributed by atoms with Gasteiger partial charge < -0.3 is 50.5 Å². The zero-order valence-electron chi connectivity index (χ0n) is 34.7. The highest BCUT2D eigenvalue weighted by Crippen LogP contribution is 2.40. The van der Waals surface area contributed by atoms with Gasteiger partial charge in [-0.1, -0.05) is 120 Å². The van der Waals surface area contributed by atoms with Gasteiger partial charge in [-0.3, -0.25) is 9.59 Å². The van der Waals surface area contributed by atoms with E-state index < -0.39 is 59.9 Å². The van der Waals surface area contributed by atoms with Gasteiger partial charge in [-0.25, -0.2) is 9.59 Å². The van der Waals surface area contributed by atoms with Crippen LogP contribution < -0.4 is 31.5 Å². The van der Waals surface area contributed by atoms with Gasteiger partial charge in [-0.2, -0.15) is 0 Å². The van der Waals surface area contributed by atoms with Crippen molar-refractivity contribution in [3.63, 3.8) is 0 Å². The summed E-state index contributed by atoms with van der Waals surface area (Å²) in [6, 6.07) is 30.6. The number of benzene rings is 4. The van der Waals surface area contributed by atoms with Crippen molar-refractivity contribution in [2.45, 2.75) is 93.9 Å². The van der Waals surface area contributed by atoms with Crippen LogP contribution in [0.25, 0.3) is 0 Å². The quantitative estimate of drug-likeness (QED) is 0.0460. The van der Waals surface area contributed by atoms with E-state index in [0.717, 1.165) is 11.1 Å². The second kappa shape index (κ2) is 25.7. The molecule has 330 valence electrons. The predicted octanol–water partition coefficient (Wildman–Crippen LogP) is 5.79. The third kappa shape index (κ3) is 16.8. The van der Waals surface area contributed by atoms with Crippen LogP contribution in [0, 0.1) is 5.41 Å². The molecular weight excluding hydrogens is 833 g/mol. The van der Waals surface area contributed by atoms with Crippen LogP contribution in [0.4, 0.5) is 9.59 Å². The molecule has 0 spiro atoms. The minimum absolute atomic E-state index is 0.132. The summed E-state index contributed by atoms with van der Waals surface area (Å²) >= 11 is 0. The fourth-order valence-electron chi connectivity index (χ4n) is 6.14. The number of carboxylic acid groups (broad SMARTS) is 2. The second-order valence-electron chi connectivity index (χ2n) is 14.9. The largest absolute Gasteiger partial charge is 0.550 e. The molecule has 0 aliphatic heterocycles. The Morgan fingerprint density at radius 1 is 0.581 bits per heavy atom. The maximum Gasteiger partial charge on any atom is 0.407 e. The lowest BCUT2D eigenvalue weighted by Gasteiger charge is -2.36. The molecule has 0 bridgehead atoms. The molecule has 0 heterocycles. The normalized spacial score (nSPS) is 12.0. The molecule has 4 N–H and O–H groups in total. The molecule has 0 saturated heterocycles. The maximum absolute atomic E-state index is 13.8. The van der Waals surface area contributed by atoms with Crippen LogP contribution in [-0.2, 0) is 32.3 Å². The summed E-state index contributed by atoms with van der Waals surface area (Å²) in [6.45, 7) is 3.85. The number of carboxylic acids is 2. The molecule has 0 radical (unpaired) electrons. The van der Waals surface area contributed by atoms with E-state index in [9.17, 15) is 39.0 Å². The molecule has 0 saturated carbocycles. The third-order valence-electron chi connectivity index (χ3n) is 9.80. The van der Waals surface area contributed by atoms with Gasteiger partial charge in [-0.15, -0.1) is 0 Å². The van der Waals surface area contributed by atoms with Gasteiger partial charge in [0, 0.05) is 58.7 Å². The van der Waals surface area contributed by atoms with Gasteiger partial charge in [0.1, 0.15) is 13.2 Å². The molecule has 14 nitrogen and oxygen atoms in total. The number of carbonyl (C=O) groups is 6. The first-order valence-electron chi connectivity index (χ1n) is 20.3. The summed E-state index contributed by atoms with van der Waals surface area (Å²) in [5.41, 5.74) is 0.877. The highest BCUT2D eigenvalue weighted by Gasteiger charge is 2.32. The van der Waals surface area contributed by atoms with Crippen molar-refractivity contribution in [2.24, 2.45) is 5.41 Å². The van der Waals surface area contributed by atoms with E-state index in [4.69, 9.17) is 9.47 Å². The Morgan fingerprint density at radius 2 is 1.02 bits per heavy atom. The fraction of sp³-hybridized carbons (Fsp3) is 0.348. The summed E-state index contributed by atoms with van der Waals surface area (Å²) in [5.74, 6) is -3.62. The molecule has 4 amide bonds. The lowest BCUT2D eigenvalue weighted by molar-refractivity contribution is -0.319. The number of hydrogen-bond donors (Lipinski definition) is 4.